The average molecular weight is 260 g/mol. The molecule has 0 aliphatic heterocycles. The summed E-state index contributed by atoms with van der Waals surface area (Å²) in [5.41, 5.74) is 7.35. The Bertz CT molecular complexity index is 720. The fourth-order valence-electron chi connectivity index (χ4n) is 3.29. The van der Waals surface area contributed by atoms with E-state index < -0.39 is 0 Å². The average Bonchev–Trinajstić information content (AvgIpc) is 2.85. The standard InChI is InChI=1S/C19H16O/c20-18-12-11-17-15-7-5-13-1-3-14(4-2-13)6-8-16(10-9-15)19(17)18/h1-4,9-12H,5-8H2. The van der Waals surface area contributed by atoms with E-state index >= 15 is 0 Å². The van der Waals surface area contributed by atoms with E-state index in [1.807, 2.05) is 6.08 Å². The van der Waals surface area contributed by atoms with E-state index in [0.717, 1.165) is 31.2 Å². The van der Waals surface area contributed by atoms with Gasteiger partial charge in [0.15, 0.2) is 5.78 Å². The summed E-state index contributed by atoms with van der Waals surface area (Å²) < 4.78 is 0. The van der Waals surface area contributed by atoms with Crippen LogP contribution in [0.25, 0.3) is 6.08 Å². The third-order valence-corrected chi connectivity index (χ3v) is 4.46. The molecule has 0 unspecified atom stereocenters. The molecule has 0 saturated carbocycles. The van der Waals surface area contributed by atoms with Crippen molar-refractivity contribution in [3.63, 3.8) is 0 Å². The maximum atomic E-state index is 12.1. The van der Waals surface area contributed by atoms with Crippen LogP contribution in [0.2, 0.25) is 0 Å². The first kappa shape index (κ1) is 11.7. The molecule has 5 aliphatic rings. The molecule has 2 aromatic rings. The molecule has 0 saturated heterocycles. The summed E-state index contributed by atoms with van der Waals surface area (Å²) in [5, 5.41) is 0. The second kappa shape index (κ2) is 4.45. The molecule has 0 aromatic heterocycles. The fourth-order valence-corrected chi connectivity index (χ4v) is 3.29. The van der Waals surface area contributed by atoms with Gasteiger partial charge in [0.2, 0.25) is 0 Å². The van der Waals surface area contributed by atoms with E-state index in [1.165, 1.54) is 27.8 Å². The minimum atomic E-state index is 0.183. The van der Waals surface area contributed by atoms with Gasteiger partial charge < -0.3 is 0 Å². The Labute approximate surface area is 119 Å². The monoisotopic (exact) mass is 260 g/mol. The highest BCUT2D eigenvalue weighted by Gasteiger charge is 2.21. The van der Waals surface area contributed by atoms with Crippen molar-refractivity contribution in [3.05, 3.63) is 75.9 Å². The Morgan fingerprint density at radius 2 is 1.25 bits per heavy atom. The number of allylic oxidation sites excluding steroid dienone is 1. The van der Waals surface area contributed by atoms with Crippen LogP contribution in [0.15, 0.2) is 42.5 Å². The smallest absolute Gasteiger partial charge is 0.186 e. The quantitative estimate of drug-likeness (QED) is 0.704. The molecule has 1 nitrogen and oxygen atoms in total. The number of aryl methyl sites for hydroxylation is 4. The summed E-state index contributed by atoms with van der Waals surface area (Å²) in [6.45, 7) is 0. The Morgan fingerprint density at radius 3 is 1.95 bits per heavy atom. The second-order valence-corrected chi connectivity index (χ2v) is 5.69. The molecule has 98 valence electrons. The van der Waals surface area contributed by atoms with Gasteiger partial charge >= 0.3 is 0 Å². The molecule has 0 amide bonds. The lowest BCUT2D eigenvalue weighted by Crippen LogP contribution is -2.06. The summed E-state index contributed by atoms with van der Waals surface area (Å²) in [4.78, 5) is 12.1. The summed E-state index contributed by atoms with van der Waals surface area (Å²) in [6.07, 6.45) is 7.70. The molecule has 0 N–H and O–H groups in total. The molecule has 20 heavy (non-hydrogen) atoms. The van der Waals surface area contributed by atoms with Crippen LogP contribution in [0.1, 0.15) is 38.2 Å². The summed E-state index contributed by atoms with van der Waals surface area (Å²) >= 11 is 0. The lowest BCUT2D eigenvalue weighted by atomic mass is 9.90. The van der Waals surface area contributed by atoms with Crippen LogP contribution >= 0.6 is 0 Å². The van der Waals surface area contributed by atoms with Gasteiger partial charge in [-0.1, -0.05) is 42.5 Å². The summed E-state index contributed by atoms with van der Waals surface area (Å²) in [6, 6.07) is 13.3. The van der Waals surface area contributed by atoms with Crippen LogP contribution in [0, 0.1) is 0 Å². The topological polar surface area (TPSA) is 17.1 Å². The van der Waals surface area contributed by atoms with Gasteiger partial charge in [-0.2, -0.15) is 0 Å². The summed E-state index contributed by atoms with van der Waals surface area (Å²) in [7, 11) is 0. The first-order chi connectivity index (χ1) is 9.81. The summed E-state index contributed by atoms with van der Waals surface area (Å²) in [5.74, 6) is 0.183. The highest BCUT2D eigenvalue weighted by Crippen LogP contribution is 2.29. The number of benzene rings is 2. The van der Waals surface area contributed by atoms with E-state index in [0.29, 0.717) is 0 Å². The molecule has 0 spiro atoms. The number of hydrogen-bond donors (Lipinski definition) is 0. The molecular formula is C19H16O. The van der Waals surface area contributed by atoms with E-state index in [1.54, 1.807) is 6.08 Å². The van der Waals surface area contributed by atoms with Crippen molar-refractivity contribution in [1.82, 2.24) is 0 Å². The zero-order valence-electron chi connectivity index (χ0n) is 11.4. The Balaban J connectivity index is 1.86. The van der Waals surface area contributed by atoms with Crippen molar-refractivity contribution >= 4 is 11.9 Å². The van der Waals surface area contributed by atoms with Crippen LogP contribution in [-0.4, -0.2) is 5.78 Å². The van der Waals surface area contributed by atoms with Gasteiger partial charge in [0.25, 0.3) is 0 Å². The zero-order valence-corrected chi connectivity index (χ0v) is 11.4. The molecule has 0 radical (unpaired) electrons. The number of carbonyl (C=O) groups is 1. The Hall–Kier alpha value is -2.15. The minimum Gasteiger partial charge on any atom is -0.289 e. The van der Waals surface area contributed by atoms with Crippen molar-refractivity contribution in [2.24, 2.45) is 0 Å². The van der Waals surface area contributed by atoms with Gasteiger partial charge in [-0.15, -0.1) is 0 Å². The van der Waals surface area contributed by atoms with Crippen molar-refractivity contribution in [3.8, 4) is 0 Å². The molecule has 1 heteroatoms. The van der Waals surface area contributed by atoms with Gasteiger partial charge in [0.05, 0.1) is 0 Å². The van der Waals surface area contributed by atoms with Crippen LogP contribution in [0.5, 0.6) is 0 Å². The molecule has 2 aromatic carbocycles. The maximum absolute atomic E-state index is 12.1. The van der Waals surface area contributed by atoms with Crippen molar-refractivity contribution in [1.29, 1.82) is 0 Å². The van der Waals surface area contributed by atoms with Gasteiger partial charge in [0.1, 0.15) is 0 Å². The first-order valence-electron chi connectivity index (χ1n) is 7.26. The molecule has 4 bridgehead atoms. The number of rotatable bonds is 0. The van der Waals surface area contributed by atoms with Crippen molar-refractivity contribution in [2.45, 2.75) is 25.7 Å². The second-order valence-electron chi connectivity index (χ2n) is 5.69. The molecule has 0 heterocycles. The first-order valence-corrected chi connectivity index (χ1v) is 7.26. The van der Waals surface area contributed by atoms with E-state index in [2.05, 4.69) is 36.4 Å². The predicted octanol–water partition coefficient (Wildman–Crippen LogP) is 3.78. The van der Waals surface area contributed by atoms with E-state index in [4.69, 9.17) is 0 Å². The molecular weight excluding hydrogens is 244 g/mol. The van der Waals surface area contributed by atoms with Crippen LogP contribution in [-0.2, 0) is 25.7 Å². The highest BCUT2D eigenvalue weighted by molar-refractivity contribution is 6.15. The number of hydrogen-bond acceptors (Lipinski definition) is 1. The Morgan fingerprint density at radius 1 is 0.650 bits per heavy atom. The molecule has 0 atom stereocenters. The molecule has 0 fully saturated rings. The van der Waals surface area contributed by atoms with Crippen molar-refractivity contribution in [2.75, 3.05) is 0 Å². The van der Waals surface area contributed by atoms with Crippen LogP contribution < -0.4 is 0 Å². The predicted molar refractivity (Wildman–Crippen MR) is 81.1 cm³/mol. The van der Waals surface area contributed by atoms with Gasteiger partial charge in [-0.25, -0.2) is 0 Å². The van der Waals surface area contributed by atoms with E-state index in [-0.39, 0.29) is 5.78 Å². The van der Waals surface area contributed by atoms with Gasteiger partial charge in [-0.05, 0) is 59.6 Å². The number of ketones is 1. The van der Waals surface area contributed by atoms with Gasteiger partial charge in [0, 0.05) is 5.56 Å². The van der Waals surface area contributed by atoms with Crippen LogP contribution in [0.4, 0.5) is 0 Å². The zero-order chi connectivity index (χ0) is 13.5. The lowest BCUT2D eigenvalue weighted by molar-refractivity contribution is 0.104. The SMILES string of the molecule is O=C1C=Cc2c3ccc(c21)CCc1ccc(cc1)CC3. The third kappa shape index (κ3) is 1.82. The third-order valence-electron chi connectivity index (χ3n) is 4.46. The molecule has 7 rings (SSSR count). The van der Waals surface area contributed by atoms with Crippen LogP contribution in [0.3, 0.4) is 0 Å². The fraction of sp³-hybridized carbons (Fsp3) is 0.211. The van der Waals surface area contributed by atoms with Crippen molar-refractivity contribution < 1.29 is 4.79 Å². The molecule has 5 aliphatic carbocycles. The Kier molecular flexibility index (Phi) is 2.59. The van der Waals surface area contributed by atoms with E-state index in [9.17, 15) is 4.79 Å². The van der Waals surface area contributed by atoms with Gasteiger partial charge in [-0.3, -0.25) is 4.79 Å². The normalized spacial score (nSPS) is 16.1. The largest absolute Gasteiger partial charge is 0.289 e. The number of carbonyl (C=O) groups excluding carboxylic acids is 1. The minimum absolute atomic E-state index is 0.183. The lowest BCUT2D eigenvalue weighted by Gasteiger charge is -2.14. The highest BCUT2D eigenvalue weighted by atomic mass is 16.1. The maximum Gasteiger partial charge on any atom is 0.186 e.